The Hall–Kier alpha value is -0.830. The largest absolute Gasteiger partial charge is 0.390 e. The maximum atomic E-state index is 13.2. The van der Waals surface area contributed by atoms with E-state index >= 15 is 0 Å². The van der Waals surface area contributed by atoms with Crippen molar-refractivity contribution in [1.82, 2.24) is 0 Å². The molecule has 0 aromatic rings. The van der Waals surface area contributed by atoms with Crippen molar-refractivity contribution in [1.29, 1.82) is 0 Å². The van der Waals surface area contributed by atoms with Gasteiger partial charge in [0.2, 0.25) is 0 Å². The lowest BCUT2D eigenvalue weighted by molar-refractivity contribution is -0.177. The van der Waals surface area contributed by atoms with Crippen LogP contribution in [0.4, 0.5) is 0 Å². The first-order valence-corrected chi connectivity index (χ1v) is 12.9. The van der Waals surface area contributed by atoms with Gasteiger partial charge in [0.15, 0.2) is 5.78 Å². The minimum Gasteiger partial charge on any atom is -0.390 e. The van der Waals surface area contributed by atoms with E-state index in [0.29, 0.717) is 44.1 Å². The number of ketones is 1. The molecule has 34 heavy (non-hydrogen) atoms. The van der Waals surface area contributed by atoms with Crippen LogP contribution < -0.4 is 0 Å². The van der Waals surface area contributed by atoms with Gasteiger partial charge in [-0.05, 0) is 101 Å². The van der Waals surface area contributed by atoms with Gasteiger partial charge in [0, 0.05) is 11.3 Å². The van der Waals surface area contributed by atoms with E-state index < -0.39 is 45.9 Å². The summed E-state index contributed by atoms with van der Waals surface area (Å²) in [6, 6.07) is 0. The number of aliphatic hydroxyl groups is 6. The Morgan fingerprint density at radius 3 is 2.32 bits per heavy atom. The van der Waals surface area contributed by atoms with E-state index in [9.17, 15) is 35.4 Å². The zero-order valence-corrected chi connectivity index (χ0v) is 21.3. The zero-order valence-electron chi connectivity index (χ0n) is 21.3. The Balaban J connectivity index is 1.66. The molecular formula is C27H44O7. The summed E-state index contributed by atoms with van der Waals surface area (Å²) in [5.41, 5.74) is -4.27. The first-order chi connectivity index (χ1) is 15.5. The van der Waals surface area contributed by atoms with E-state index in [4.69, 9.17) is 0 Å². The first kappa shape index (κ1) is 26.2. The number of carbonyl (C=O) groups excluding carboxylic acids is 1. The molecule has 0 bridgehead atoms. The lowest BCUT2D eigenvalue weighted by Crippen LogP contribution is -2.62. The maximum absolute atomic E-state index is 13.2. The molecule has 4 aliphatic carbocycles. The summed E-state index contributed by atoms with van der Waals surface area (Å²) in [6.07, 6.45) is 2.11. The van der Waals surface area contributed by atoms with Crippen molar-refractivity contribution in [2.45, 2.75) is 121 Å². The number of allylic oxidation sites excluding steroid dienone is 1. The summed E-state index contributed by atoms with van der Waals surface area (Å²) in [4.78, 5) is 13.2. The predicted molar refractivity (Wildman–Crippen MR) is 127 cm³/mol. The Bertz CT molecular complexity index is 860. The van der Waals surface area contributed by atoms with Crippen molar-refractivity contribution in [3.63, 3.8) is 0 Å². The monoisotopic (exact) mass is 480 g/mol. The second kappa shape index (κ2) is 8.09. The van der Waals surface area contributed by atoms with Crippen molar-refractivity contribution in [3.05, 3.63) is 11.6 Å². The minimum atomic E-state index is -1.46. The van der Waals surface area contributed by atoms with Gasteiger partial charge in [0.25, 0.3) is 0 Å². The fourth-order valence-corrected chi connectivity index (χ4v) is 8.32. The molecule has 4 aliphatic rings. The standard InChI is InChI=1S/C27H44O7/c1-23(2,32)9-8-22(31)26(5,33)21-7-11-27(34)16-12-18(28)17-13-19(29)20(30)14-24(17,3)15(16)6-10-25(21,27)4/h12,15,17,19-22,29-34H,6-11,13-14H2,1-5H3/t15?,17?,19?,20?,21?,22?,24-,25-,26-,27-/m1/s1. The average Bonchev–Trinajstić information content (AvgIpc) is 3.00. The molecule has 0 heterocycles. The third-order valence-corrected chi connectivity index (χ3v) is 10.5. The average molecular weight is 481 g/mol. The predicted octanol–water partition coefficient (Wildman–Crippen LogP) is 1.85. The molecule has 0 aliphatic heterocycles. The lowest BCUT2D eigenvalue weighted by Gasteiger charge is -2.60. The molecule has 0 aromatic heterocycles. The number of aliphatic hydroxyl groups excluding tert-OH is 3. The summed E-state index contributed by atoms with van der Waals surface area (Å²) >= 11 is 0. The van der Waals surface area contributed by atoms with E-state index in [-0.39, 0.29) is 36.4 Å². The van der Waals surface area contributed by atoms with Crippen molar-refractivity contribution < 1.29 is 35.4 Å². The zero-order chi connectivity index (χ0) is 25.5. The number of hydrogen-bond donors (Lipinski definition) is 6. The van der Waals surface area contributed by atoms with Crippen LogP contribution in [0.1, 0.15) is 86.0 Å². The van der Waals surface area contributed by atoms with Gasteiger partial charge in [0.05, 0.1) is 35.1 Å². The van der Waals surface area contributed by atoms with Gasteiger partial charge in [-0.25, -0.2) is 0 Å². The van der Waals surface area contributed by atoms with Crippen LogP contribution in [0.15, 0.2) is 11.6 Å². The highest BCUT2D eigenvalue weighted by Gasteiger charge is 2.69. The van der Waals surface area contributed by atoms with Crippen LogP contribution >= 0.6 is 0 Å². The molecule has 3 fully saturated rings. The van der Waals surface area contributed by atoms with E-state index in [0.717, 1.165) is 0 Å². The minimum absolute atomic E-state index is 0.0840. The van der Waals surface area contributed by atoms with Gasteiger partial charge in [-0.2, -0.15) is 0 Å². The van der Waals surface area contributed by atoms with Crippen LogP contribution in [-0.2, 0) is 4.79 Å². The highest BCUT2D eigenvalue weighted by Crippen LogP contribution is 2.68. The summed E-state index contributed by atoms with van der Waals surface area (Å²) in [5.74, 6) is -0.948. The van der Waals surface area contributed by atoms with Crippen LogP contribution in [0.5, 0.6) is 0 Å². The summed E-state index contributed by atoms with van der Waals surface area (Å²) < 4.78 is 0. The summed E-state index contributed by atoms with van der Waals surface area (Å²) in [7, 11) is 0. The summed E-state index contributed by atoms with van der Waals surface area (Å²) in [6.45, 7) is 8.96. The molecule has 0 amide bonds. The Kier molecular flexibility index (Phi) is 6.24. The Morgan fingerprint density at radius 2 is 1.71 bits per heavy atom. The second-order valence-electron chi connectivity index (χ2n) is 13.2. The van der Waals surface area contributed by atoms with E-state index in [2.05, 4.69) is 0 Å². The molecule has 194 valence electrons. The number of rotatable bonds is 5. The first-order valence-electron chi connectivity index (χ1n) is 12.9. The van der Waals surface area contributed by atoms with Crippen LogP contribution in [0.3, 0.4) is 0 Å². The van der Waals surface area contributed by atoms with Gasteiger partial charge in [-0.3, -0.25) is 4.79 Å². The number of hydrogen-bond acceptors (Lipinski definition) is 7. The van der Waals surface area contributed by atoms with Crippen LogP contribution in [-0.4, -0.2) is 71.5 Å². The normalized spacial score (nSPS) is 47.2. The van der Waals surface area contributed by atoms with Gasteiger partial charge in [-0.15, -0.1) is 0 Å². The van der Waals surface area contributed by atoms with Crippen LogP contribution in [0.2, 0.25) is 0 Å². The fraction of sp³-hybridized carbons (Fsp3) is 0.889. The molecule has 0 aromatic carbocycles. The van der Waals surface area contributed by atoms with Crippen molar-refractivity contribution in [2.75, 3.05) is 0 Å². The highest BCUT2D eigenvalue weighted by molar-refractivity contribution is 5.95. The third kappa shape index (κ3) is 3.73. The van der Waals surface area contributed by atoms with E-state index in [1.165, 1.54) is 0 Å². The summed E-state index contributed by atoms with van der Waals surface area (Å²) in [5, 5.41) is 65.5. The van der Waals surface area contributed by atoms with E-state index in [1.807, 2.05) is 13.8 Å². The molecule has 0 spiro atoms. The van der Waals surface area contributed by atoms with Gasteiger partial charge in [-0.1, -0.05) is 13.8 Å². The van der Waals surface area contributed by atoms with E-state index in [1.54, 1.807) is 26.8 Å². The maximum Gasteiger partial charge on any atom is 0.159 e. The molecule has 7 heteroatoms. The van der Waals surface area contributed by atoms with Crippen LogP contribution in [0.25, 0.3) is 0 Å². The molecular weight excluding hydrogens is 436 g/mol. The molecule has 4 rings (SSSR count). The number of fused-ring (bicyclic) bond motifs is 5. The smallest absolute Gasteiger partial charge is 0.159 e. The Labute approximate surface area is 202 Å². The lowest BCUT2D eigenvalue weighted by atomic mass is 9.45. The molecule has 6 unspecified atom stereocenters. The topological polar surface area (TPSA) is 138 Å². The van der Waals surface area contributed by atoms with Crippen molar-refractivity contribution in [3.8, 4) is 0 Å². The van der Waals surface area contributed by atoms with Gasteiger partial charge in [0.1, 0.15) is 0 Å². The van der Waals surface area contributed by atoms with Crippen molar-refractivity contribution in [2.24, 2.45) is 28.6 Å². The third-order valence-electron chi connectivity index (χ3n) is 10.5. The molecule has 0 radical (unpaired) electrons. The van der Waals surface area contributed by atoms with Crippen molar-refractivity contribution >= 4 is 5.78 Å². The second-order valence-corrected chi connectivity index (χ2v) is 13.2. The quantitative estimate of drug-likeness (QED) is 0.353. The SMILES string of the molecule is CC(C)(O)CCC(O)[C@](C)(O)C1CC[C@@]2(O)C3=CC(=O)C4CC(O)C(O)C[C@]4(C)C3CC[C@]12C. The van der Waals surface area contributed by atoms with Crippen LogP contribution in [0, 0.1) is 28.6 Å². The molecule has 7 nitrogen and oxygen atoms in total. The molecule has 10 atom stereocenters. The van der Waals surface area contributed by atoms with Gasteiger partial charge < -0.3 is 30.6 Å². The molecule has 6 N–H and O–H groups in total. The van der Waals surface area contributed by atoms with Gasteiger partial charge >= 0.3 is 0 Å². The fourth-order valence-electron chi connectivity index (χ4n) is 8.32. The highest BCUT2D eigenvalue weighted by atomic mass is 16.3. The number of carbonyl (C=O) groups is 1. The molecule has 0 saturated heterocycles. The Morgan fingerprint density at radius 1 is 1.06 bits per heavy atom. The molecule has 3 saturated carbocycles.